The van der Waals surface area contributed by atoms with Crippen LogP contribution in [0.3, 0.4) is 0 Å². The molecular formula is C18H24N2O2S. The van der Waals surface area contributed by atoms with Crippen LogP contribution < -0.4 is 5.32 Å². The maximum atomic E-state index is 12.5. The molecule has 1 amide bonds. The molecule has 3 rings (SSSR count). The van der Waals surface area contributed by atoms with Crippen LogP contribution in [0.5, 0.6) is 0 Å². The molecule has 1 aliphatic carbocycles. The van der Waals surface area contributed by atoms with Gasteiger partial charge in [0.05, 0.1) is 12.6 Å². The topological polar surface area (TPSA) is 65.1 Å². The second-order valence-electron chi connectivity index (χ2n) is 6.18. The molecule has 2 aromatic rings. The molecule has 1 aromatic carbocycles. The summed E-state index contributed by atoms with van der Waals surface area (Å²) in [5, 5.41) is 13.5. The van der Waals surface area contributed by atoms with Crippen LogP contribution in [0, 0.1) is 0 Å². The highest BCUT2D eigenvalue weighted by Crippen LogP contribution is 2.29. The highest BCUT2D eigenvalue weighted by atomic mass is 32.2. The van der Waals surface area contributed by atoms with Gasteiger partial charge in [-0.3, -0.25) is 4.79 Å². The number of thioether (sulfide) groups is 1. The van der Waals surface area contributed by atoms with Crippen molar-refractivity contribution in [3.63, 3.8) is 0 Å². The maximum absolute atomic E-state index is 12.5. The van der Waals surface area contributed by atoms with Gasteiger partial charge in [-0.2, -0.15) is 11.8 Å². The normalized spacial score (nSPS) is 15.4. The smallest absolute Gasteiger partial charge is 0.251 e. The van der Waals surface area contributed by atoms with Gasteiger partial charge in [0.15, 0.2) is 0 Å². The van der Waals surface area contributed by atoms with E-state index >= 15 is 0 Å². The zero-order chi connectivity index (χ0) is 16.2. The Labute approximate surface area is 141 Å². The second-order valence-corrected chi connectivity index (χ2v) is 7.17. The first-order valence-corrected chi connectivity index (χ1v) is 9.66. The SMILES string of the molecule is CSCCC(CO)NC(=O)c1ccc2[nH]c3c(c2c1)CCCC3. The van der Waals surface area contributed by atoms with Gasteiger partial charge in [-0.05, 0) is 67.9 Å². The van der Waals surface area contributed by atoms with E-state index in [1.54, 1.807) is 11.8 Å². The molecule has 1 aliphatic rings. The number of aryl methyl sites for hydroxylation is 2. The standard InChI is InChI=1S/C18H24N2O2S/c1-23-9-8-13(11-21)19-18(22)12-6-7-17-15(10-12)14-4-2-3-5-16(14)20-17/h6-7,10,13,20-21H,2-5,8-9,11H2,1H3,(H,19,22). The summed E-state index contributed by atoms with van der Waals surface area (Å²) in [5.74, 6) is 0.827. The molecule has 0 bridgehead atoms. The molecule has 1 heterocycles. The van der Waals surface area contributed by atoms with Crippen molar-refractivity contribution in [3.05, 3.63) is 35.0 Å². The van der Waals surface area contributed by atoms with Gasteiger partial charge in [-0.25, -0.2) is 0 Å². The molecule has 3 N–H and O–H groups in total. The Morgan fingerprint density at radius 3 is 3.00 bits per heavy atom. The van der Waals surface area contributed by atoms with E-state index in [-0.39, 0.29) is 18.6 Å². The third-order valence-electron chi connectivity index (χ3n) is 4.59. The number of nitrogens with one attached hydrogen (secondary N) is 2. The van der Waals surface area contributed by atoms with Gasteiger partial charge in [0.1, 0.15) is 0 Å². The lowest BCUT2D eigenvalue weighted by Gasteiger charge is -2.16. The van der Waals surface area contributed by atoms with E-state index < -0.39 is 0 Å². The van der Waals surface area contributed by atoms with Gasteiger partial charge in [-0.1, -0.05) is 0 Å². The number of rotatable bonds is 6. The van der Waals surface area contributed by atoms with Crippen LogP contribution >= 0.6 is 11.8 Å². The van der Waals surface area contributed by atoms with Crippen LogP contribution in [0.2, 0.25) is 0 Å². The molecule has 1 unspecified atom stereocenters. The molecule has 0 fully saturated rings. The van der Waals surface area contributed by atoms with Crippen LogP contribution in [-0.4, -0.2) is 40.7 Å². The third-order valence-corrected chi connectivity index (χ3v) is 5.23. The Morgan fingerprint density at radius 1 is 1.39 bits per heavy atom. The second kappa shape index (κ2) is 7.41. The van der Waals surface area contributed by atoms with E-state index in [1.165, 1.54) is 29.5 Å². The summed E-state index contributed by atoms with van der Waals surface area (Å²) in [6.45, 7) is -0.0197. The predicted molar refractivity (Wildman–Crippen MR) is 96.3 cm³/mol. The first-order valence-electron chi connectivity index (χ1n) is 8.27. The van der Waals surface area contributed by atoms with Gasteiger partial charge < -0.3 is 15.4 Å². The minimum atomic E-state index is -0.175. The molecule has 0 aliphatic heterocycles. The molecule has 5 heteroatoms. The number of aromatic nitrogens is 1. The lowest BCUT2D eigenvalue weighted by Crippen LogP contribution is -2.37. The number of fused-ring (bicyclic) bond motifs is 3. The summed E-state index contributed by atoms with van der Waals surface area (Å²) >= 11 is 1.72. The maximum Gasteiger partial charge on any atom is 0.251 e. The van der Waals surface area contributed by atoms with E-state index in [9.17, 15) is 9.90 Å². The lowest BCUT2D eigenvalue weighted by atomic mass is 9.95. The minimum Gasteiger partial charge on any atom is -0.394 e. The van der Waals surface area contributed by atoms with Crippen LogP contribution in [0.25, 0.3) is 10.9 Å². The summed E-state index contributed by atoms with van der Waals surface area (Å²) in [4.78, 5) is 16.0. The minimum absolute atomic E-state index is 0.0197. The van der Waals surface area contributed by atoms with Crippen molar-refractivity contribution >= 4 is 28.6 Å². The van der Waals surface area contributed by atoms with Crippen molar-refractivity contribution in [2.45, 2.75) is 38.1 Å². The summed E-state index contributed by atoms with van der Waals surface area (Å²) in [7, 11) is 0. The van der Waals surface area contributed by atoms with Crippen molar-refractivity contribution < 1.29 is 9.90 Å². The van der Waals surface area contributed by atoms with Crippen LogP contribution in [0.15, 0.2) is 18.2 Å². The number of hydrogen-bond acceptors (Lipinski definition) is 3. The molecular weight excluding hydrogens is 308 g/mol. The fourth-order valence-electron chi connectivity index (χ4n) is 3.29. The molecule has 4 nitrogen and oxygen atoms in total. The number of H-pyrrole nitrogens is 1. The molecule has 0 spiro atoms. The number of aliphatic hydroxyl groups excluding tert-OH is 1. The van der Waals surface area contributed by atoms with E-state index in [0.29, 0.717) is 5.56 Å². The van der Waals surface area contributed by atoms with Crippen molar-refractivity contribution in [2.75, 3.05) is 18.6 Å². The Hall–Kier alpha value is -1.46. The van der Waals surface area contributed by atoms with Crippen LogP contribution in [0.1, 0.15) is 40.9 Å². The summed E-state index contributed by atoms with van der Waals surface area (Å²) in [6, 6.07) is 5.68. The van der Waals surface area contributed by atoms with Crippen molar-refractivity contribution in [1.29, 1.82) is 0 Å². The number of amides is 1. The summed E-state index contributed by atoms with van der Waals surface area (Å²) < 4.78 is 0. The van der Waals surface area contributed by atoms with E-state index in [2.05, 4.69) is 10.3 Å². The number of aromatic amines is 1. The Kier molecular flexibility index (Phi) is 5.28. The average molecular weight is 332 g/mol. The van der Waals surface area contributed by atoms with Crippen LogP contribution in [-0.2, 0) is 12.8 Å². The molecule has 0 radical (unpaired) electrons. The van der Waals surface area contributed by atoms with Gasteiger partial charge in [0.2, 0.25) is 0 Å². The highest BCUT2D eigenvalue weighted by molar-refractivity contribution is 7.98. The Bertz CT molecular complexity index is 696. The summed E-state index contributed by atoms with van der Waals surface area (Å²) in [5.41, 5.74) is 4.50. The average Bonchev–Trinajstić information content (AvgIpc) is 2.96. The van der Waals surface area contributed by atoms with E-state index in [1.807, 2.05) is 24.5 Å². The fraction of sp³-hybridized carbons (Fsp3) is 0.500. The molecule has 1 aromatic heterocycles. The monoisotopic (exact) mass is 332 g/mol. The molecule has 1 atom stereocenters. The Morgan fingerprint density at radius 2 is 2.22 bits per heavy atom. The lowest BCUT2D eigenvalue weighted by molar-refractivity contribution is 0.0915. The van der Waals surface area contributed by atoms with Gasteiger partial charge >= 0.3 is 0 Å². The predicted octanol–water partition coefficient (Wildman–Crippen LogP) is 2.89. The van der Waals surface area contributed by atoms with Crippen LogP contribution in [0.4, 0.5) is 0 Å². The number of benzene rings is 1. The first-order chi connectivity index (χ1) is 11.2. The largest absolute Gasteiger partial charge is 0.394 e. The fourth-order valence-corrected chi connectivity index (χ4v) is 3.81. The van der Waals surface area contributed by atoms with E-state index in [0.717, 1.165) is 30.5 Å². The zero-order valence-corrected chi connectivity index (χ0v) is 14.3. The third kappa shape index (κ3) is 3.56. The van der Waals surface area contributed by atoms with E-state index in [4.69, 9.17) is 0 Å². The van der Waals surface area contributed by atoms with Gasteiger partial charge in [0.25, 0.3) is 5.91 Å². The number of carbonyl (C=O) groups is 1. The zero-order valence-electron chi connectivity index (χ0n) is 13.5. The number of hydrogen-bond donors (Lipinski definition) is 3. The number of carbonyl (C=O) groups excluding carboxylic acids is 1. The molecule has 0 saturated heterocycles. The number of aliphatic hydroxyl groups is 1. The quantitative estimate of drug-likeness (QED) is 0.762. The van der Waals surface area contributed by atoms with Gasteiger partial charge in [0, 0.05) is 22.2 Å². The summed E-state index contributed by atoms with van der Waals surface area (Å²) in [6.07, 6.45) is 7.46. The van der Waals surface area contributed by atoms with Crippen molar-refractivity contribution in [2.24, 2.45) is 0 Å². The molecule has 0 saturated carbocycles. The highest BCUT2D eigenvalue weighted by Gasteiger charge is 2.18. The first kappa shape index (κ1) is 16.4. The van der Waals surface area contributed by atoms with Crippen molar-refractivity contribution in [3.8, 4) is 0 Å². The molecule has 23 heavy (non-hydrogen) atoms. The molecule has 124 valence electrons. The Balaban J connectivity index is 1.80. The van der Waals surface area contributed by atoms with Gasteiger partial charge in [-0.15, -0.1) is 0 Å². The van der Waals surface area contributed by atoms with Crippen molar-refractivity contribution in [1.82, 2.24) is 10.3 Å².